The minimum absolute atomic E-state index is 0.227. The topological polar surface area (TPSA) is 84.9 Å². The van der Waals surface area contributed by atoms with Crippen LogP contribution in [0.15, 0.2) is 41.3 Å². The minimum Gasteiger partial charge on any atom is -0.497 e. The summed E-state index contributed by atoms with van der Waals surface area (Å²) >= 11 is 0. The predicted molar refractivity (Wildman–Crippen MR) is 116 cm³/mol. The number of nitrogens with one attached hydrogen (secondary N) is 1. The molecule has 0 radical (unpaired) electrons. The summed E-state index contributed by atoms with van der Waals surface area (Å²) in [6.07, 6.45) is 3.83. The van der Waals surface area contributed by atoms with E-state index in [1.807, 2.05) is 0 Å². The molecule has 3 rings (SSSR count). The molecule has 0 unspecified atom stereocenters. The third kappa shape index (κ3) is 4.94. The van der Waals surface area contributed by atoms with E-state index in [9.17, 15) is 13.2 Å². The zero-order valence-corrected chi connectivity index (χ0v) is 18.4. The molecule has 1 heterocycles. The average molecular weight is 433 g/mol. The average Bonchev–Trinajstić information content (AvgIpc) is 3.04. The minimum atomic E-state index is -3.62. The highest BCUT2D eigenvalue weighted by molar-refractivity contribution is 7.89. The van der Waals surface area contributed by atoms with Gasteiger partial charge in [-0.3, -0.25) is 4.79 Å². The molecule has 1 N–H and O–H groups in total. The van der Waals surface area contributed by atoms with Gasteiger partial charge >= 0.3 is 0 Å². The van der Waals surface area contributed by atoms with Gasteiger partial charge in [0.25, 0.3) is 5.91 Å². The van der Waals surface area contributed by atoms with Crippen molar-refractivity contribution in [1.29, 1.82) is 0 Å². The summed E-state index contributed by atoms with van der Waals surface area (Å²) in [5, 5.41) is 2.78. The molecular weight excluding hydrogens is 404 g/mol. The summed E-state index contributed by atoms with van der Waals surface area (Å²) in [6.45, 7) is 2.83. The number of hydrogen-bond donors (Lipinski definition) is 1. The Morgan fingerprint density at radius 1 is 0.933 bits per heavy atom. The number of anilines is 1. The molecule has 0 spiro atoms. The monoisotopic (exact) mass is 432 g/mol. The van der Waals surface area contributed by atoms with Crippen LogP contribution >= 0.6 is 0 Å². The second kappa shape index (κ2) is 9.49. The molecule has 1 amide bonds. The van der Waals surface area contributed by atoms with Crippen molar-refractivity contribution in [2.24, 2.45) is 0 Å². The van der Waals surface area contributed by atoms with Crippen LogP contribution in [0.3, 0.4) is 0 Å². The van der Waals surface area contributed by atoms with Gasteiger partial charge < -0.3 is 14.8 Å². The Morgan fingerprint density at radius 2 is 1.53 bits per heavy atom. The summed E-state index contributed by atoms with van der Waals surface area (Å²) in [6, 6.07) is 9.82. The Morgan fingerprint density at radius 3 is 2.10 bits per heavy atom. The third-order valence-corrected chi connectivity index (χ3v) is 7.28. The zero-order valence-electron chi connectivity index (χ0n) is 17.6. The number of amides is 1. The predicted octanol–water partition coefficient (Wildman–Crippen LogP) is 3.83. The molecular formula is C22H28N2O5S. The van der Waals surface area contributed by atoms with E-state index in [1.54, 1.807) is 41.6 Å². The largest absolute Gasteiger partial charge is 0.497 e. The van der Waals surface area contributed by atoms with E-state index in [0.29, 0.717) is 41.4 Å². The molecule has 1 aliphatic heterocycles. The molecule has 1 saturated heterocycles. The van der Waals surface area contributed by atoms with Gasteiger partial charge in [-0.1, -0.05) is 18.9 Å². The maximum absolute atomic E-state index is 13.2. The number of carbonyl (C=O) groups excluding carboxylic acids is 1. The van der Waals surface area contributed by atoms with Crippen LogP contribution in [0.1, 0.15) is 41.6 Å². The first kappa shape index (κ1) is 22.1. The molecule has 0 aromatic heterocycles. The fourth-order valence-electron chi connectivity index (χ4n) is 3.52. The summed E-state index contributed by atoms with van der Waals surface area (Å²) in [7, 11) is -0.598. The number of aryl methyl sites for hydroxylation is 1. The second-order valence-corrected chi connectivity index (χ2v) is 9.26. The zero-order chi connectivity index (χ0) is 21.7. The van der Waals surface area contributed by atoms with Gasteiger partial charge in [0.15, 0.2) is 0 Å². The quantitative estimate of drug-likeness (QED) is 0.750. The normalized spacial score (nSPS) is 15.3. The Bertz CT molecular complexity index is 990. The van der Waals surface area contributed by atoms with Crippen molar-refractivity contribution in [2.75, 3.05) is 32.6 Å². The van der Waals surface area contributed by atoms with Gasteiger partial charge in [0.1, 0.15) is 11.5 Å². The first-order valence-corrected chi connectivity index (χ1v) is 11.4. The lowest BCUT2D eigenvalue weighted by atomic mass is 10.1. The van der Waals surface area contributed by atoms with Crippen molar-refractivity contribution in [2.45, 2.75) is 37.5 Å². The van der Waals surface area contributed by atoms with E-state index in [0.717, 1.165) is 25.7 Å². The van der Waals surface area contributed by atoms with Gasteiger partial charge in [-0.05, 0) is 49.6 Å². The van der Waals surface area contributed by atoms with Gasteiger partial charge in [-0.25, -0.2) is 8.42 Å². The van der Waals surface area contributed by atoms with E-state index in [1.165, 1.54) is 20.3 Å². The molecule has 7 nitrogen and oxygen atoms in total. The SMILES string of the molecule is COc1cc(OC)cc(C(=O)Nc2ccc(C)c(S(=O)(=O)N3CCCCCC3)c2)c1. The Balaban J connectivity index is 1.87. The van der Waals surface area contributed by atoms with Gasteiger partial charge in [-0.2, -0.15) is 4.31 Å². The summed E-state index contributed by atoms with van der Waals surface area (Å²) in [4.78, 5) is 13.0. The lowest BCUT2D eigenvalue weighted by Crippen LogP contribution is -2.32. The number of methoxy groups -OCH3 is 2. The molecule has 2 aromatic carbocycles. The molecule has 2 aromatic rings. The van der Waals surface area contributed by atoms with Crippen LogP contribution in [0.5, 0.6) is 11.5 Å². The van der Waals surface area contributed by atoms with Crippen LogP contribution < -0.4 is 14.8 Å². The van der Waals surface area contributed by atoms with Gasteiger partial charge in [0.05, 0.1) is 19.1 Å². The van der Waals surface area contributed by atoms with Crippen molar-refractivity contribution in [3.05, 3.63) is 47.5 Å². The molecule has 0 saturated carbocycles. The molecule has 0 aliphatic carbocycles. The summed E-state index contributed by atoms with van der Waals surface area (Å²) in [5.74, 6) is 0.606. The Labute approximate surface area is 178 Å². The second-order valence-electron chi connectivity index (χ2n) is 7.35. The fourth-order valence-corrected chi connectivity index (χ4v) is 5.29. The lowest BCUT2D eigenvalue weighted by Gasteiger charge is -2.21. The number of hydrogen-bond acceptors (Lipinski definition) is 5. The molecule has 1 fully saturated rings. The third-order valence-electron chi connectivity index (χ3n) is 5.24. The Kier molecular flexibility index (Phi) is 6.99. The number of nitrogens with zero attached hydrogens (tertiary/aromatic N) is 1. The van der Waals surface area contributed by atoms with Gasteiger partial charge in [-0.15, -0.1) is 0 Å². The van der Waals surface area contributed by atoms with Crippen LogP contribution in [-0.4, -0.2) is 45.9 Å². The lowest BCUT2D eigenvalue weighted by molar-refractivity contribution is 0.102. The highest BCUT2D eigenvalue weighted by Gasteiger charge is 2.27. The van der Waals surface area contributed by atoms with Gasteiger partial charge in [0, 0.05) is 30.4 Å². The smallest absolute Gasteiger partial charge is 0.255 e. The number of sulfonamides is 1. The molecule has 0 atom stereocenters. The maximum Gasteiger partial charge on any atom is 0.255 e. The van der Waals surface area contributed by atoms with E-state index in [-0.39, 0.29) is 10.8 Å². The maximum atomic E-state index is 13.2. The molecule has 8 heteroatoms. The standard InChI is InChI=1S/C22H28N2O5S/c1-16-8-9-18(14-21(16)30(26,27)24-10-6-4-5-7-11-24)23-22(25)17-12-19(28-2)15-20(13-17)29-3/h8-9,12-15H,4-7,10-11H2,1-3H3,(H,23,25). The Hall–Kier alpha value is -2.58. The summed E-state index contributed by atoms with van der Waals surface area (Å²) < 4.78 is 38.4. The highest BCUT2D eigenvalue weighted by atomic mass is 32.2. The summed E-state index contributed by atoms with van der Waals surface area (Å²) in [5.41, 5.74) is 1.42. The van der Waals surface area contributed by atoms with Gasteiger partial charge in [0.2, 0.25) is 10.0 Å². The highest BCUT2D eigenvalue weighted by Crippen LogP contribution is 2.27. The van der Waals surface area contributed by atoms with Crippen LogP contribution in [0.2, 0.25) is 0 Å². The number of rotatable bonds is 6. The molecule has 162 valence electrons. The van der Waals surface area contributed by atoms with Crippen LogP contribution in [0, 0.1) is 6.92 Å². The molecule has 30 heavy (non-hydrogen) atoms. The van der Waals surface area contributed by atoms with E-state index in [2.05, 4.69) is 5.32 Å². The molecule has 1 aliphatic rings. The van der Waals surface area contributed by atoms with Crippen molar-refractivity contribution in [3.8, 4) is 11.5 Å². The van der Waals surface area contributed by atoms with E-state index in [4.69, 9.17) is 9.47 Å². The number of carbonyl (C=O) groups is 1. The first-order valence-electron chi connectivity index (χ1n) is 10.0. The number of benzene rings is 2. The van der Waals surface area contributed by atoms with Crippen molar-refractivity contribution < 1.29 is 22.7 Å². The van der Waals surface area contributed by atoms with Crippen LogP contribution in [0.4, 0.5) is 5.69 Å². The van der Waals surface area contributed by atoms with E-state index >= 15 is 0 Å². The van der Waals surface area contributed by atoms with Crippen LogP contribution in [0.25, 0.3) is 0 Å². The molecule has 0 bridgehead atoms. The van der Waals surface area contributed by atoms with E-state index < -0.39 is 10.0 Å². The van der Waals surface area contributed by atoms with Crippen LogP contribution in [-0.2, 0) is 10.0 Å². The number of ether oxygens (including phenoxy) is 2. The van der Waals surface area contributed by atoms with Crippen molar-refractivity contribution in [3.63, 3.8) is 0 Å². The first-order chi connectivity index (χ1) is 14.3. The van der Waals surface area contributed by atoms with Crippen molar-refractivity contribution >= 4 is 21.6 Å². The fraction of sp³-hybridized carbons (Fsp3) is 0.409. The van der Waals surface area contributed by atoms with Crippen molar-refractivity contribution in [1.82, 2.24) is 4.31 Å².